The number of rotatable bonds is 3. The Hall–Kier alpha value is -1.06. The van der Waals surface area contributed by atoms with Gasteiger partial charge in [0.05, 0.1) is 7.11 Å². The van der Waals surface area contributed by atoms with Crippen molar-refractivity contribution in [2.45, 2.75) is 6.43 Å². The predicted molar refractivity (Wildman–Crippen MR) is 55.1 cm³/mol. The molecule has 82 valence electrons. The molecule has 0 atom stereocenters. The van der Waals surface area contributed by atoms with Gasteiger partial charge in [0.15, 0.2) is 5.75 Å². The van der Waals surface area contributed by atoms with Crippen LogP contribution >= 0.6 is 22.6 Å². The van der Waals surface area contributed by atoms with E-state index in [4.69, 9.17) is 0 Å². The van der Waals surface area contributed by atoms with Crippen LogP contribution in [0.5, 0.6) is 5.75 Å². The zero-order chi connectivity index (χ0) is 11.6. The minimum absolute atomic E-state index is 0.152. The van der Waals surface area contributed by atoms with Gasteiger partial charge in [0.1, 0.15) is 3.57 Å². The number of pyridine rings is 1. The van der Waals surface area contributed by atoms with Crippen LogP contribution in [0, 0.1) is 13.7 Å². The molecule has 0 aromatic carbocycles. The molecule has 0 saturated heterocycles. The summed E-state index contributed by atoms with van der Waals surface area (Å²) in [6.45, 7) is 0. The first-order chi connectivity index (χ1) is 6.97. The fourth-order valence-corrected chi connectivity index (χ4v) is 1.52. The molecule has 0 spiro atoms. The lowest BCUT2D eigenvalue weighted by Crippen LogP contribution is -2.02. The maximum absolute atomic E-state index is 12.4. The quantitative estimate of drug-likeness (QED) is 0.485. The first kappa shape index (κ1) is 12.0. The van der Waals surface area contributed by atoms with Gasteiger partial charge in [0, 0.05) is 6.07 Å². The Morgan fingerprint density at radius 2 is 2.27 bits per heavy atom. The molecule has 0 bridgehead atoms. The van der Waals surface area contributed by atoms with Crippen molar-refractivity contribution in [1.82, 2.24) is 4.98 Å². The van der Waals surface area contributed by atoms with E-state index in [0.717, 1.165) is 6.07 Å². The molecule has 1 aromatic heterocycles. The van der Waals surface area contributed by atoms with Crippen molar-refractivity contribution in [3.63, 3.8) is 0 Å². The van der Waals surface area contributed by atoms with E-state index in [9.17, 15) is 18.9 Å². The van der Waals surface area contributed by atoms with Crippen molar-refractivity contribution < 1.29 is 18.4 Å². The number of halogens is 3. The summed E-state index contributed by atoms with van der Waals surface area (Å²) in [5.74, 6) is -0.744. The highest BCUT2D eigenvalue weighted by Gasteiger charge is 2.27. The zero-order valence-corrected chi connectivity index (χ0v) is 9.57. The second kappa shape index (κ2) is 4.64. The van der Waals surface area contributed by atoms with Gasteiger partial charge >= 0.3 is 12.2 Å². The summed E-state index contributed by atoms with van der Waals surface area (Å²) in [7, 11) is 1.20. The van der Waals surface area contributed by atoms with E-state index in [-0.39, 0.29) is 9.32 Å². The summed E-state index contributed by atoms with van der Waals surface area (Å²) in [4.78, 5) is 12.9. The molecule has 1 rings (SSSR count). The van der Waals surface area contributed by atoms with Crippen LogP contribution in [0.1, 0.15) is 12.1 Å². The number of hydrogen-bond donors (Lipinski definition) is 0. The van der Waals surface area contributed by atoms with Crippen LogP contribution in [-0.2, 0) is 0 Å². The third-order valence-corrected chi connectivity index (χ3v) is 2.34. The van der Waals surface area contributed by atoms with Gasteiger partial charge in [-0.25, -0.2) is 8.78 Å². The van der Waals surface area contributed by atoms with E-state index >= 15 is 0 Å². The molecule has 0 saturated carbocycles. The van der Waals surface area contributed by atoms with Gasteiger partial charge in [-0.15, -0.1) is 0 Å². The van der Waals surface area contributed by atoms with Crippen LogP contribution in [0.3, 0.4) is 0 Å². The molecule has 0 radical (unpaired) electrons. The maximum Gasteiger partial charge on any atom is 0.377 e. The Morgan fingerprint density at radius 1 is 1.67 bits per heavy atom. The molecule has 0 aliphatic rings. The van der Waals surface area contributed by atoms with Crippen LogP contribution in [0.2, 0.25) is 0 Å². The van der Waals surface area contributed by atoms with E-state index in [1.807, 2.05) is 0 Å². The van der Waals surface area contributed by atoms with Crippen molar-refractivity contribution in [1.29, 1.82) is 0 Å². The average molecular weight is 330 g/mol. The number of methoxy groups -OCH3 is 1. The Bertz CT molecular complexity index is 400. The Kier molecular flexibility index (Phi) is 3.72. The monoisotopic (exact) mass is 330 g/mol. The van der Waals surface area contributed by atoms with Crippen LogP contribution in [0.25, 0.3) is 0 Å². The molecular formula is C7H5F2IN2O3. The van der Waals surface area contributed by atoms with Crippen LogP contribution in [0.4, 0.5) is 14.6 Å². The van der Waals surface area contributed by atoms with Gasteiger partial charge in [0.2, 0.25) is 0 Å². The number of aromatic nitrogens is 1. The summed E-state index contributed by atoms with van der Waals surface area (Å²) in [6, 6.07) is 1.16. The Morgan fingerprint density at radius 3 is 2.67 bits per heavy atom. The third-order valence-electron chi connectivity index (χ3n) is 1.55. The molecular weight excluding hydrogens is 325 g/mol. The largest absolute Gasteiger partial charge is 0.492 e. The van der Waals surface area contributed by atoms with Crippen LogP contribution < -0.4 is 4.74 Å². The van der Waals surface area contributed by atoms with E-state index in [0.29, 0.717) is 0 Å². The summed E-state index contributed by atoms with van der Waals surface area (Å²) >= 11 is 1.64. The van der Waals surface area contributed by atoms with E-state index < -0.39 is 22.9 Å². The average Bonchev–Trinajstić information content (AvgIpc) is 2.16. The molecule has 0 N–H and O–H groups in total. The molecule has 1 aromatic rings. The van der Waals surface area contributed by atoms with Gasteiger partial charge in [-0.1, -0.05) is 0 Å². The van der Waals surface area contributed by atoms with E-state index in [1.165, 1.54) is 7.11 Å². The highest BCUT2D eigenvalue weighted by Crippen LogP contribution is 2.32. The van der Waals surface area contributed by atoms with Crippen LogP contribution in [-0.4, -0.2) is 17.0 Å². The second-order valence-electron chi connectivity index (χ2n) is 2.44. The molecule has 8 heteroatoms. The topological polar surface area (TPSA) is 65.3 Å². The van der Waals surface area contributed by atoms with Crippen molar-refractivity contribution in [2.24, 2.45) is 0 Å². The lowest BCUT2D eigenvalue weighted by molar-refractivity contribution is -0.390. The van der Waals surface area contributed by atoms with Crippen molar-refractivity contribution in [3.05, 3.63) is 25.4 Å². The lowest BCUT2D eigenvalue weighted by atomic mass is 10.3. The summed E-state index contributed by atoms with van der Waals surface area (Å²) < 4.78 is 29.6. The van der Waals surface area contributed by atoms with Gasteiger partial charge in [-0.3, -0.25) is 0 Å². The standard InChI is InChI=1S/C7H5F2IN2O3/c1-15-4-2-3(10)7(12(13)14)11-5(4)6(8)9/h2,6H,1H3. The number of ether oxygens (including phenoxy) is 1. The normalized spacial score (nSPS) is 10.5. The molecule has 0 aliphatic heterocycles. The number of nitro groups is 1. The zero-order valence-electron chi connectivity index (χ0n) is 7.41. The van der Waals surface area contributed by atoms with E-state index in [1.54, 1.807) is 22.6 Å². The second-order valence-corrected chi connectivity index (χ2v) is 3.60. The molecule has 1 heterocycles. The van der Waals surface area contributed by atoms with Crippen molar-refractivity contribution in [2.75, 3.05) is 7.11 Å². The van der Waals surface area contributed by atoms with Gasteiger partial charge in [0.25, 0.3) is 5.69 Å². The summed E-state index contributed by atoms with van der Waals surface area (Å²) in [6.07, 6.45) is -2.91. The highest BCUT2D eigenvalue weighted by atomic mass is 127. The van der Waals surface area contributed by atoms with Crippen LogP contribution in [0.15, 0.2) is 6.07 Å². The highest BCUT2D eigenvalue weighted by molar-refractivity contribution is 14.1. The number of alkyl halides is 2. The molecule has 0 fully saturated rings. The minimum Gasteiger partial charge on any atom is -0.492 e. The van der Waals surface area contributed by atoms with E-state index in [2.05, 4.69) is 9.72 Å². The summed E-state index contributed by atoms with van der Waals surface area (Å²) in [5, 5.41) is 10.4. The van der Waals surface area contributed by atoms with Gasteiger partial charge in [-0.05, 0) is 32.5 Å². The molecule has 0 amide bonds. The first-order valence-corrected chi connectivity index (χ1v) is 4.72. The fourth-order valence-electron chi connectivity index (χ4n) is 0.924. The smallest absolute Gasteiger partial charge is 0.377 e. The molecule has 5 nitrogen and oxygen atoms in total. The molecule has 0 aliphatic carbocycles. The minimum atomic E-state index is -2.91. The number of hydrogen-bond acceptors (Lipinski definition) is 4. The first-order valence-electron chi connectivity index (χ1n) is 3.64. The predicted octanol–water partition coefficient (Wildman–Crippen LogP) is 2.54. The molecule has 15 heavy (non-hydrogen) atoms. The van der Waals surface area contributed by atoms with Crippen molar-refractivity contribution in [3.8, 4) is 5.75 Å². The SMILES string of the molecule is COc1cc(I)c([N+](=O)[O-])nc1C(F)F. The van der Waals surface area contributed by atoms with Crippen molar-refractivity contribution >= 4 is 28.4 Å². The third kappa shape index (κ3) is 2.49. The van der Waals surface area contributed by atoms with Gasteiger partial charge in [-0.2, -0.15) is 0 Å². The summed E-state index contributed by atoms with van der Waals surface area (Å²) in [5.41, 5.74) is -0.718. The lowest BCUT2D eigenvalue weighted by Gasteiger charge is -2.04. The van der Waals surface area contributed by atoms with Gasteiger partial charge < -0.3 is 14.9 Å². The fraction of sp³-hybridized carbons (Fsp3) is 0.286. The molecule has 0 unspecified atom stereocenters. The number of nitrogens with zero attached hydrogens (tertiary/aromatic N) is 2. The Balaban J connectivity index is 3.37. The Labute approximate surface area is 96.7 Å². The maximum atomic E-state index is 12.4.